The van der Waals surface area contributed by atoms with Crippen LogP contribution in [0, 0.1) is 6.92 Å². The summed E-state index contributed by atoms with van der Waals surface area (Å²) in [6, 6.07) is 0. The highest BCUT2D eigenvalue weighted by Gasteiger charge is 2.20. The SMILES string of the molecule is CCOC(=O)c1c(CCO)cn(OC)c1C. The van der Waals surface area contributed by atoms with E-state index in [0.29, 0.717) is 24.3 Å². The fourth-order valence-electron chi connectivity index (χ4n) is 1.63. The van der Waals surface area contributed by atoms with Crippen LogP contribution >= 0.6 is 0 Å². The quantitative estimate of drug-likeness (QED) is 0.747. The number of aliphatic hydroxyl groups is 1. The Morgan fingerprint density at radius 2 is 2.25 bits per heavy atom. The summed E-state index contributed by atoms with van der Waals surface area (Å²) in [5, 5.41) is 8.93. The summed E-state index contributed by atoms with van der Waals surface area (Å²) in [6.45, 7) is 3.84. The molecule has 5 heteroatoms. The Balaban J connectivity index is 3.11. The fraction of sp³-hybridized carbons (Fsp3) is 0.545. The van der Waals surface area contributed by atoms with Crippen LogP contribution < -0.4 is 4.84 Å². The average Bonchev–Trinajstić information content (AvgIpc) is 2.56. The second kappa shape index (κ2) is 5.55. The normalized spacial score (nSPS) is 10.2. The van der Waals surface area contributed by atoms with E-state index in [2.05, 4.69) is 0 Å². The maximum absolute atomic E-state index is 11.7. The third-order valence-electron chi connectivity index (χ3n) is 2.34. The molecule has 0 spiro atoms. The molecule has 0 radical (unpaired) electrons. The summed E-state index contributed by atoms with van der Waals surface area (Å²) in [4.78, 5) is 16.8. The topological polar surface area (TPSA) is 60.7 Å². The van der Waals surface area contributed by atoms with Gasteiger partial charge in [0.25, 0.3) is 0 Å². The monoisotopic (exact) mass is 227 g/mol. The van der Waals surface area contributed by atoms with E-state index >= 15 is 0 Å². The summed E-state index contributed by atoms with van der Waals surface area (Å²) >= 11 is 0. The molecule has 16 heavy (non-hydrogen) atoms. The second-order valence-electron chi connectivity index (χ2n) is 3.32. The molecule has 90 valence electrons. The number of carbonyl (C=O) groups is 1. The summed E-state index contributed by atoms with van der Waals surface area (Å²) in [6.07, 6.45) is 2.10. The van der Waals surface area contributed by atoms with Gasteiger partial charge in [0.2, 0.25) is 0 Å². The van der Waals surface area contributed by atoms with Crippen molar-refractivity contribution in [3.63, 3.8) is 0 Å². The van der Waals surface area contributed by atoms with Crippen molar-refractivity contribution in [2.45, 2.75) is 20.3 Å². The Bertz CT molecular complexity index is 370. The van der Waals surface area contributed by atoms with Gasteiger partial charge in [-0.2, -0.15) is 4.73 Å². The molecule has 1 aromatic heterocycles. The maximum atomic E-state index is 11.7. The molecule has 1 aromatic rings. The average molecular weight is 227 g/mol. The number of aliphatic hydroxyl groups excluding tert-OH is 1. The van der Waals surface area contributed by atoms with Gasteiger partial charge in [-0.05, 0) is 25.8 Å². The molecule has 0 saturated carbocycles. The molecular formula is C11H17NO4. The number of ether oxygens (including phenoxy) is 1. The highest BCUT2D eigenvalue weighted by Crippen LogP contribution is 2.18. The van der Waals surface area contributed by atoms with E-state index in [4.69, 9.17) is 14.7 Å². The van der Waals surface area contributed by atoms with Gasteiger partial charge in [0, 0.05) is 12.8 Å². The molecule has 1 heterocycles. The fourth-order valence-corrected chi connectivity index (χ4v) is 1.63. The summed E-state index contributed by atoms with van der Waals surface area (Å²) in [5.74, 6) is -0.376. The highest BCUT2D eigenvalue weighted by molar-refractivity contribution is 5.92. The number of rotatable bonds is 5. The van der Waals surface area contributed by atoms with E-state index in [1.54, 1.807) is 20.0 Å². The van der Waals surface area contributed by atoms with Gasteiger partial charge in [-0.3, -0.25) is 0 Å². The van der Waals surface area contributed by atoms with E-state index in [0.717, 1.165) is 5.56 Å². The van der Waals surface area contributed by atoms with Gasteiger partial charge in [-0.1, -0.05) is 0 Å². The van der Waals surface area contributed by atoms with Crippen LogP contribution in [0.4, 0.5) is 0 Å². The van der Waals surface area contributed by atoms with Crippen molar-refractivity contribution in [1.29, 1.82) is 0 Å². The Morgan fingerprint density at radius 1 is 1.56 bits per heavy atom. The standard InChI is InChI=1S/C11H17NO4/c1-4-16-11(14)10-8(2)12(15-3)7-9(10)5-6-13/h7,13H,4-6H2,1-3H3. The minimum atomic E-state index is -0.376. The van der Waals surface area contributed by atoms with Crippen molar-refractivity contribution in [3.05, 3.63) is 23.0 Å². The van der Waals surface area contributed by atoms with Crippen LogP contribution in [-0.4, -0.2) is 36.1 Å². The van der Waals surface area contributed by atoms with Crippen molar-refractivity contribution in [3.8, 4) is 0 Å². The van der Waals surface area contributed by atoms with Crippen LogP contribution in [0.1, 0.15) is 28.5 Å². The summed E-state index contributed by atoms with van der Waals surface area (Å²) in [7, 11) is 1.52. The molecule has 0 unspecified atom stereocenters. The number of aromatic nitrogens is 1. The van der Waals surface area contributed by atoms with Crippen LogP contribution in [0.15, 0.2) is 6.20 Å². The predicted octanol–water partition coefficient (Wildman–Crippen LogP) is 0.566. The zero-order valence-corrected chi connectivity index (χ0v) is 9.82. The van der Waals surface area contributed by atoms with Crippen molar-refractivity contribution in [1.82, 2.24) is 4.73 Å². The Kier molecular flexibility index (Phi) is 4.37. The first-order chi connectivity index (χ1) is 7.65. The Morgan fingerprint density at radius 3 is 2.75 bits per heavy atom. The first kappa shape index (κ1) is 12.6. The lowest BCUT2D eigenvalue weighted by molar-refractivity contribution is 0.0521. The number of hydrogen-bond acceptors (Lipinski definition) is 4. The first-order valence-corrected chi connectivity index (χ1v) is 5.19. The van der Waals surface area contributed by atoms with Gasteiger partial charge in [0.15, 0.2) is 0 Å². The molecule has 0 saturated heterocycles. The molecule has 0 aromatic carbocycles. The highest BCUT2D eigenvalue weighted by atomic mass is 16.6. The van der Waals surface area contributed by atoms with Gasteiger partial charge in [0.05, 0.1) is 17.9 Å². The molecule has 0 bridgehead atoms. The lowest BCUT2D eigenvalue weighted by Gasteiger charge is -2.05. The Hall–Kier alpha value is -1.49. The maximum Gasteiger partial charge on any atom is 0.340 e. The molecule has 5 nitrogen and oxygen atoms in total. The van der Waals surface area contributed by atoms with Crippen LogP contribution in [0.3, 0.4) is 0 Å². The van der Waals surface area contributed by atoms with Gasteiger partial charge in [-0.25, -0.2) is 4.79 Å². The number of esters is 1. The van der Waals surface area contributed by atoms with E-state index < -0.39 is 0 Å². The lowest BCUT2D eigenvalue weighted by atomic mass is 10.1. The smallest absolute Gasteiger partial charge is 0.340 e. The molecule has 1 N–H and O–H groups in total. The third kappa shape index (κ3) is 2.36. The number of carbonyl (C=O) groups excluding carboxylic acids is 1. The van der Waals surface area contributed by atoms with Crippen LogP contribution in [0.5, 0.6) is 0 Å². The molecule has 0 aliphatic heterocycles. The van der Waals surface area contributed by atoms with E-state index in [-0.39, 0.29) is 12.6 Å². The van der Waals surface area contributed by atoms with Gasteiger partial charge in [-0.15, -0.1) is 0 Å². The zero-order chi connectivity index (χ0) is 12.1. The molecule has 0 atom stereocenters. The molecule has 0 fully saturated rings. The summed E-state index contributed by atoms with van der Waals surface area (Å²) < 4.78 is 6.46. The Labute approximate surface area is 94.5 Å². The lowest BCUT2D eigenvalue weighted by Crippen LogP contribution is -2.11. The van der Waals surface area contributed by atoms with Crippen molar-refractivity contribution in [2.24, 2.45) is 0 Å². The minimum Gasteiger partial charge on any atom is -0.462 e. The largest absolute Gasteiger partial charge is 0.462 e. The molecule has 0 aliphatic rings. The second-order valence-corrected chi connectivity index (χ2v) is 3.32. The number of hydrogen-bond donors (Lipinski definition) is 1. The minimum absolute atomic E-state index is 0.0143. The molecule has 0 aliphatic carbocycles. The van der Waals surface area contributed by atoms with Crippen LogP contribution in [0.25, 0.3) is 0 Å². The molecule has 0 amide bonds. The van der Waals surface area contributed by atoms with Gasteiger partial charge < -0.3 is 14.7 Å². The van der Waals surface area contributed by atoms with Crippen molar-refractivity contribution >= 4 is 5.97 Å². The molecule has 1 rings (SSSR count). The van der Waals surface area contributed by atoms with Gasteiger partial charge in [0.1, 0.15) is 7.11 Å². The van der Waals surface area contributed by atoms with Gasteiger partial charge >= 0.3 is 5.97 Å². The van der Waals surface area contributed by atoms with E-state index in [9.17, 15) is 4.79 Å². The number of nitrogens with zero attached hydrogens (tertiary/aromatic N) is 1. The molecular weight excluding hydrogens is 210 g/mol. The van der Waals surface area contributed by atoms with Crippen molar-refractivity contribution < 1.29 is 19.5 Å². The zero-order valence-electron chi connectivity index (χ0n) is 9.82. The van der Waals surface area contributed by atoms with Crippen LogP contribution in [0.2, 0.25) is 0 Å². The predicted molar refractivity (Wildman–Crippen MR) is 58.4 cm³/mol. The third-order valence-corrected chi connectivity index (χ3v) is 2.34. The first-order valence-electron chi connectivity index (χ1n) is 5.19. The van der Waals surface area contributed by atoms with Crippen molar-refractivity contribution in [2.75, 3.05) is 20.3 Å². The van der Waals surface area contributed by atoms with E-state index in [1.165, 1.54) is 11.8 Å². The summed E-state index contributed by atoms with van der Waals surface area (Å²) in [5.41, 5.74) is 1.91. The van der Waals surface area contributed by atoms with E-state index in [1.807, 2.05) is 0 Å². The van der Waals surface area contributed by atoms with Crippen LogP contribution in [-0.2, 0) is 11.2 Å².